The molecule has 0 atom stereocenters. The highest BCUT2D eigenvalue weighted by atomic mass is 19.4. The molecular weight excluding hydrogens is 657 g/mol. The maximum atomic E-state index is 12.8. The number of hydrogen-bond donors (Lipinski definition) is 4. The maximum Gasteiger partial charge on any atom is 0.490 e. The number of amides is 1. The molecule has 13 nitrogen and oxygen atoms in total. The lowest BCUT2D eigenvalue weighted by Crippen LogP contribution is -2.47. The van der Waals surface area contributed by atoms with Crippen LogP contribution in [0, 0.1) is 6.92 Å². The standard InChI is InChI=1S/C18H25N5O2.3C2HF3O2/c1-13-3-4-14(25-13)11-22-6-5-15-16(12-22)19-20-17(15)18(24)23-9-7-21(2)8-10-23;3*3-2(4,5)1(6)7/h3-4H,5-12H2,1-2H3,(H,19,20);3*(H,6,7). The molecule has 46 heavy (non-hydrogen) atoms. The maximum absolute atomic E-state index is 12.8. The summed E-state index contributed by atoms with van der Waals surface area (Å²) in [7, 11) is 2.09. The first-order valence-electron chi connectivity index (χ1n) is 12.6. The fraction of sp³-hybridized carbons (Fsp3) is 0.542. The zero-order valence-electron chi connectivity index (χ0n) is 23.9. The van der Waals surface area contributed by atoms with E-state index in [9.17, 15) is 44.3 Å². The van der Waals surface area contributed by atoms with Crippen LogP contribution in [-0.2, 0) is 33.9 Å². The molecule has 0 unspecified atom stereocenters. The Morgan fingerprint density at radius 3 is 1.67 bits per heavy atom. The van der Waals surface area contributed by atoms with E-state index in [0.29, 0.717) is 5.69 Å². The number of rotatable bonds is 3. The van der Waals surface area contributed by atoms with Gasteiger partial charge in [0, 0.05) is 44.8 Å². The average Bonchev–Trinajstić information content (AvgIpc) is 3.53. The third-order valence-corrected chi connectivity index (χ3v) is 5.91. The lowest BCUT2D eigenvalue weighted by molar-refractivity contribution is -0.193. The van der Waals surface area contributed by atoms with Crippen LogP contribution < -0.4 is 0 Å². The van der Waals surface area contributed by atoms with E-state index in [-0.39, 0.29) is 5.91 Å². The van der Waals surface area contributed by atoms with E-state index in [1.807, 2.05) is 24.0 Å². The number of carboxylic acids is 3. The predicted octanol–water partition coefficient (Wildman–Crippen LogP) is 3.16. The Hall–Kier alpha value is -4.34. The van der Waals surface area contributed by atoms with Crippen molar-refractivity contribution in [2.24, 2.45) is 0 Å². The third kappa shape index (κ3) is 13.3. The summed E-state index contributed by atoms with van der Waals surface area (Å²) in [5, 5.41) is 28.8. The van der Waals surface area contributed by atoms with Gasteiger partial charge in [-0.2, -0.15) is 44.6 Å². The molecule has 1 fully saturated rings. The second-order valence-electron chi connectivity index (χ2n) is 9.51. The molecule has 4 N–H and O–H groups in total. The Balaban J connectivity index is 0.000000413. The molecule has 2 aromatic heterocycles. The third-order valence-electron chi connectivity index (χ3n) is 5.91. The summed E-state index contributed by atoms with van der Waals surface area (Å²) in [4.78, 5) is 46.0. The molecule has 4 rings (SSSR count). The Kier molecular flexibility index (Phi) is 14.1. The number of aryl methyl sites for hydroxylation is 1. The van der Waals surface area contributed by atoms with Gasteiger partial charge in [-0.05, 0) is 32.5 Å². The molecule has 0 aliphatic carbocycles. The summed E-state index contributed by atoms with van der Waals surface area (Å²) in [6.07, 6.45) is -14.4. The predicted molar refractivity (Wildman–Crippen MR) is 134 cm³/mol. The molecule has 0 saturated carbocycles. The number of alkyl halides is 9. The summed E-state index contributed by atoms with van der Waals surface area (Å²) >= 11 is 0. The Bertz CT molecular complexity index is 1270. The van der Waals surface area contributed by atoms with E-state index in [0.717, 1.165) is 75.0 Å². The Morgan fingerprint density at radius 2 is 1.28 bits per heavy atom. The van der Waals surface area contributed by atoms with Gasteiger partial charge in [0.05, 0.1) is 12.2 Å². The molecule has 0 aromatic carbocycles. The van der Waals surface area contributed by atoms with Crippen molar-refractivity contribution < 1.29 is 78.4 Å². The van der Waals surface area contributed by atoms with Crippen LogP contribution >= 0.6 is 0 Å². The van der Waals surface area contributed by atoms with Gasteiger partial charge in [-0.15, -0.1) is 0 Å². The van der Waals surface area contributed by atoms with Crippen LogP contribution in [0.4, 0.5) is 39.5 Å². The quantitative estimate of drug-likeness (QED) is 0.349. The molecule has 260 valence electrons. The van der Waals surface area contributed by atoms with E-state index in [2.05, 4.69) is 27.0 Å². The summed E-state index contributed by atoms with van der Waals surface area (Å²) in [6.45, 7) is 7.84. The number of nitrogens with one attached hydrogen (secondary N) is 1. The lowest BCUT2D eigenvalue weighted by atomic mass is 10.0. The number of carbonyl (C=O) groups is 4. The van der Waals surface area contributed by atoms with Gasteiger partial charge in [-0.1, -0.05) is 0 Å². The number of aromatic amines is 1. The van der Waals surface area contributed by atoms with Gasteiger partial charge in [0.2, 0.25) is 0 Å². The molecule has 0 bridgehead atoms. The van der Waals surface area contributed by atoms with Crippen molar-refractivity contribution in [2.75, 3.05) is 39.8 Å². The molecule has 2 aromatic rings. The SMILES string of the molecule is Cc1ccc(CN2CCc3c(C(=O)N4CCN(C)CC4)n[nH]c3C2)o1.O=C(O)C(F)(F)F.O=C(O)C(F)(F)F.O=C(O)C(F)(F)F. The smallest absolute Gasteiger partial charge is 0.475 e. The summed E-state index contributed by atoms with van der Waals surface area (Å²) in [6, 6.07) is 4.02. The number of halogens is 9. The summed E-state index contributed by atoms with van der Waals surface area (Å²) in [5.41, 5.74) is 2.77. The molecule has 0 spiro atoms. The van der Waals surface area contributed by atoms with Crippen LogP contribution in [0.1, 0.15) is 33.3 Å². The highest BCUT2D eigenvalue weighted by Crippen LogP contribution is 2.23. The highest BCUT2D eigenvalue weighted by molar-refractivity contribution is 5.94. The Morgan fingerprint density at radius 1 is 0.826 bits per heavy atom. The van der Waals surface area contributed by atoms with E-state index in [4.69, 9.17) is 34.1 Å². The molecule has 1 amide bonds. The van der Waals surface area contributed by atoms with Gasteiger partial charge >= 0.3 is 36.4 Å². The van der Waals surface area contributed by atoms with Crippen molar-refractivity contribution >= 4 is 23.8 Å². The van der Waals surface area contributed by atoms with Crippen LogP contribution in [0.3, 0.4) is 0 Å². The first-order valence-corrected chi connectivity index (χ1v) is 12.6. The number of fused-ring (bicyclic) bond motifs is 1. The van der Waals surface area contributed by atoms with Crippen LogP contribution in [0.5, 0.6) is 0 Å². The molecule has 2 aliphatic heterocycles. The highest BCUT2D eigenvalue weighted by Gasteiger charge is 2.39. The number of likely N-dealkylation sites (N-methyl/N-ethyl adjacent to an activating group) is 1. The minimum Gasteiger partial charge on any atom is -0.475 e. The van der Waals surface area contributed by atoms with Crippen molar-refractivity contribution in [3.8, 4) is 0 Å². The van der Waals surface area contributed by atoms with Gasteiger partial charge in [-0.3, -0.25) is 14.8 Å². The number of carboxylic acid groups (broad SMARTS) is 3. The topological polar surface area (TPSA) is 181 Å². The van der Waals surface area contributed by atoms with Gasteiger partial charge in [0.25, 0.3) is 5.91 Å². The number of carbonyl (C=O) groups excluding carboxylic acids is 1. The van der Waals surface area contributed by atoms with Gasteiger partial charge < -0.3 is 29.5 Å². The number of piperazine rings is 1. The first-order chi connectivity index (χ1) is 20.9. The monoisotopic (exact) mass is 685 g/mol. The van der Waals surface area contributed by atoms with Crippen molar-refractivity contribution in [1.82, 2.24) is 24.9 Å². The molecule has 1 saturated heterocycles. The van der Waals surface area contributed by atoms with Crippen LogP contribution in [0.15, 0.2) is 16.5 Å². The zero-order valence-corrected chi connectivity index (χ0v) is 23.9. The van der Waals surface area contributed by atoms with E-state index >= 15 is 0 Å². The van der Waals surface area contributed by atoms with Gasteiger partial charge in [0.15, 0.2) is 5.69 Å². The number of furan rings is 1. The molecule has 4 heterocycles. The fourth-order valence-corrected chi connectivity index (χ4v) is 3.64. The zero-order chi connectivity index (χ0) is 35.6. The van der Waals surface area contributed by atoms with Crippen LogP contribution in [-0.4, -0.2) is 122 Å². The van der Waals surface area contributed by atoms with E-state index in [1.54, 1.807) is 0 Å². The largest absolute Gasteiger partial charge is 0.490 e. The van der Waals surface area contributed by atoms with E-state index < -0.39 is 36.4 Å². The second-order valence-corrected chi connectivity index (χ2v) is 9.51. The molecule has 2 aliphatic rings. The van der Waals surface area contributed by atoms with Crippen molar-refractivity contribution in [1.29, 1.82) is 0 Å². The van der Waals surface area contributed by atoms with Crippen molar-refractivity contribution in [3.63, 3.8) is 0 Å². The minimum atomic E-state index is -5.08. The number of aromatic nitrogens is 2. The fourth-order valence-electron chi connectivity index (χ4n) is 3.64. The van der Waals surface area contributed by atoms with Crippen LogP contribution in [0.2, 0.25) is 0 Å². The lowest BCUT2D eigenvalue weighted by Gasteiger charge is -2.32. The number of aliphatic carboxylic acids is 3. The average molecular weight is 685 g/mol. The minimum absolute atomic E-state index is 0.0701. The number of hydrogen-bond acceptors (Lipinski definition) is 8. The van der Waals surface area contributed by atoms with Crippen LogP contribution in [0.25, 0.3) is 0 Å². The van der Waals surface area contributed by atoms with Gasteiger partial charge in [0.1, 0.15) is 11.5 Å². The van der Waals surface area contributed by atoms with Crippen molar-refractivity contribution in [2.45, 2.75) is 45.0 Å². The van der Waals surface area contributed by atoms with Crippen molar-refractivity contribution in [3.05, 3.63) is 40.6 Å². The number of H-pyrrole nitrogens is 1. The number of nitrogens with zero attached hydrogens (tertiary/aromatic N) is 4. The molecule has 0 radical (unpaired) electrons. The molecular formula is C24H28F9N5O8. The summed E-state index contributed by atoms with van der Waals surface area (Å²) < 4.78 is 101. The first kappa shape index (κ1) is 39.7. The Labute approximate surface area is 253 Å². The van der Waals surface area contributed by atoms with E-state index in [1.165, 1.54) is 0 Å². The second kappa shape index (κ2) is 16.3. The summed E-state index contributed by atoms with van der Waals surface area (Å²) in [5.74, 6) is -6.28. The molecule has 22 heteroatoms. The normalized spacial score (nSPS) is 15.6. The van der Waals surface area contributed by atoms with Gasteiger partial charge in [-0.25, -0.2) is 14.4 Å².